The summed E-state index contributed by atoms with van der Waals surface area (Å²) in [5.41, 5.74) is 1.17. The van der Waals surface area contributed by atoms with E-state index in [2.05, 4.69) is 22.2 Å². The SMILES string of the molecule is CNC(CC1CCSCC1)c1c(OC)cnn1C. The van der Waals surface area contributed by atoms with Crippen molar-refractivity contribution in [3.8, 4) is 5.75 Å². The smallest absolute Gasteiger partial charge is 0.161 e. The zero-order chi connectivity index (χ0) is 13.0. The minimum atomic E-state index is 0.334. The standard InChI is InChI=1S/C13H23N3OS/c1-14-11(8-10-4-6-18-7-5-10)13-12(17-3)9-15-16(13)2/h9-11,14H,4-8H2,1-3H3. The number of hydrogen-bond acceptors (Lipinski definition) is 4. The molecule has 18 heavy (non-hydrogen) atoms. The lowest BCUT2D eigenvalue weighted by atomic mass is 9.92. The average Bonchev–Trinajstić information content (AvgIpc) is 2.78. The number of methoxy groups -OCH3 is 1. The van der Waals surface area contributed by atoms with Crippen LogP contribution < -0.4 is 10.1 Å². The molecule has 5 heteroatoms. The maximum Gasteiger partial charge on any atom is 0.161 e. The summed E-state index contributed by atoms with van der Waals surface area (Å²) < 4.78 is 7.34. The first-order chi connectivity index (χ1) is 8.76. The predicted octanol–water partition coefficient (Wildman–Crippen LogP) is 2.22. The Hall–Kier alpha value is -0.680. The Morgan fingerprint density at radius 1 is 1.56 bits per heavy atom. The van der Waals surface area contributed by atoms with Gasteiger partial charge in [0.15, 0.2) is 5.75 Å². The summed E-state index contributed by atoms with van der Waals surface area (Å²) in [6, 6.07) is 0.334. The molecule has 1 N–H and O–H groups in total. The van der Waals surface area contributed by atoms with Crippen LogP contribution in [0.1, 0.15) is 31.0 Å². The molecule has 1 unspecified atom stereocenters. The third-order valence-electron chi connectivity index (χ3n) is 3.76. The lowest BCUT2D eigenvalue weighted by Crippen LogP contribution is -2.24. The number of aryl methyl sites for hydroxylation is 1. The molecule has 1 aliphatic rings. The van der Waals surface area contributed by atoms with Crippen LogP contribution >= 0.6 is 11.8 Å². The quantitative estimate of drug-likeness (QED) is 0.889. The van der Waals surface area contributed by atoms with Gasteiger partial charge >= 0.3 is 0 Å². The lowest BCUT2D eigenvalue weighted by molar-refractivity contribution is 0.353. The molecular formula is C13H23N3OS. The summed E-state index contributed by atoms with van der Waals surface area (Å²) in [4.78, 5) is 0. The molecule has 1 fully saturated rings. The second kappa shape index (κ2) is 6.48. The molecule has 2 rings (SSSR count). The molecule has 102 valence electrons. The van der Waals surface area contributed by atoms with E-state index < -0.39 is 0 Å². The van der Waals surface area contributed by atoms with Gasteiger partial charge in [0.2, 0.25) is 0 Å². The van der Waals surface area contributed by atoms with Crippen LogP contribution in [-0.4, -0.2) is 35.4 Å². The van der Waals surface area contributed by atoms with Crippen LogP contribution in [-0.2, 0) is 7.05 Å². The highest BCUT2D eigenvalue weighted by molar-refractivity contribution is 7.99. The zero-order valence-electron chi connectivity index (χ0n) is 11.5. The molecule has 0 amide bonds. The summed E-state index contributed by atoms with van der Waals surface area (Å²) in [5, 5.41) is 7.72. The minimum Gasteiger partial charge on any atom is -0.493 e. The number of nitrogens with zero attached hydrogens (tertiary/aromatic N) is 2. The van der Waals surface area contributed by atoms with Crippen LogP contribution in [0, 0.1) is 5.92 Å². The van der Waals surface area contributed by atoms with E-state index in [1.807, 2.05) is 18.8 Å². The molecule has 0 spiro atoms. The van der Waals surface area contributed by atoms with E-state index in [1.54, 1.807) is 13.3 Å². The van der Waals surface area contributed by atoms with Gasteiger partial charge in [-0.25, -0.2) is 0 Å². The highest BCUT2D eigenvalue weighted by Crippen LogP contribution is 2.33. The second-order valence-electron chi connectivity index (χ2n) is 4.85. The van der Waals surface area contributed by atoms with Crippen molar-refractivity contribution in [2.24, 2.45) is 13.0 Å². The van der Waals surface area contributed by atoms with Crippen molar-refractivity contribution in [1.29, 1.82) is 0 Å². The molecule has 0 saturated carbocycles. The van der Waals surface area contributed by atoms with Crippen LogP contribution in [0.3, 0.4) is 0 Å². The number of hydrogen-bond donors (Lipinski definition) is 1. The third-order valence-corrected chi connectivity index (χ3v) is 4.81. The van der Waals surface area contributed by atoms with E-state index in [0.29, 0.717) is 6.04 Å². The second-order valence-corrected chi connectivity index (χ2v) is 6.08. The lowest BCUT2D eigenvalue weighted by Gasteiger charge is -2.26. The Morgan fingerprint density at radius 3 is 2.89 bits per heavy atom. The van der Waals surface area contributed by atoms with Crippen LogP contribution in [0.4, 0.5) is 0 Å². The fraction of sp³-hybridized carbons (Fsp3) is 0.769. The highest BCUT2D eigenvalue weighted by atomic mass is 32.2. The summed E-state index contributed by atoms with van der Waals surface area (Å²) in [7, 11) is 5.72. The van der Waals surface area contributed by atoms with Crippen molar-refractivity contribution in [3.05, 3.63) is 11.9 Å². The Labute approximate surface area is 113 Å². The van der Waals surface area contributed by atoms with Crippen molar-refractivity contribution >= 4 is 11.8 Å². The minimum absolute atomic E-state index is 0.334. The van der Waals surface area contributed by atoms with Gasteiger partial charge in [-0.15, -0.1) is 0 Å². The van der Waals surface area contributed by atoms with Gasteiger partial charge in [-0.1, -0.05) is 0 Å². The first kappa shape index (κ1) is 13.7. The van der Waals surface area contributed by atoms with Gasteiger partial charge in [-0.05, 0) is 43.7 Å². The van der Waals surface area contributed by atoms with Crippen LogP contribution in [0.2, 0.25) is 0 Å². The van der Waals surface area contributed by atoms with Crippen LogP contribution in [0.15, 0.2) is 6.20 Å². The number of thioether (sulfide) groups is 1. The van der Waals surface area contributed by atoms with E-state index in [9.17, 15) is 0 Å². The summed E-state index contributed by atoms with van der Waals surface area (Å²) >= 11 is 2.08. The topological polar surface area (TPSA) is 39.1 Å². The van der Waals surface area contributed by atoms with E-state index in [4.69, 9.17) is 4.74 Å². The number of nitrogens with one attached hydrogen (secondary N) is 1. The zero-order valence-corrected chi connectivity index (χ0v) is 12.3. The van der Waals surface area contributed by atoms with Crippen molar-refractivity contribution in [1.82, 2.24) is 15.1 Å². The average molecular weight is 269 g/mol. The molecule has 2 heterocycles. The molecule has 0 bridgehead atoms. The maximum atomic E-state index is 5.41. The fourth-order valence-corrected chi connectivity index (χ4v) is 3.87. The van der Waals surface area contributed by atoms with Crippen LogP contribution in [0.5, 0.6) is 5.75 Å². The normalized spacial score (nSPS) is 18.8. The maximum absolute atomic E-state index is 5.41. The molecule has 1 saturated heterocycles. The van der Waals surface area contributed by atoms with Gasteiger partial charge in [0.25, 0.3) is 0 Å². The molecule has 1 atom stereocenters. The van der Waals surface area contributed by atoms with E-state index in [1.165, 1.54) is 36.5 Å². The van der Waals surface area contributed by atoms with E-state index >= 15 is 0 Å². The van der Waals surface area contributed by atoms with Crippen molar-refractivity contribution < 1.29 is 4.74 Å². The Bertz CT molecular complexity index is 374. The van der Waals surface area contributed by atoms with Crippen LogP contribution in [0.25, 0.3) is 0 Å². The highest BCUT2D eigenvalue weighted by Gasteiger charge is 2.24. The summed E-state index contributed by atoms with van der Waals surface area (Å²) in [5.74, 6) is 4.33. The Kier molecular flexibility index (Phi) is 4.95. The number of rotatable bonds is 5. The van der Waals surface area contributed by atoms with Gasteiger partial charge in [-0.3, -0.25) is 4.68 Å². The number of aromatic nitrogens is 2. The molecule has 0 radical (unpaired) electrons. The molecule has 0 aromatic carbocycles. The third kappa shape index (κ3) is 3.01. The predicted molar refractivity (Wildman–Crippen MR) is 76.2 cm³/mol. The van der Waals surface area contributed by atoms with Gasteiger partial charge < -0.3 is 10.1 Å². The summed E-state index contributed by atoms with van der Waals surface area (Å²) in [6.07, 6.45) is 5.65. The molecule has 1 aliphatic heterocycles. The molecule has 0 aliphatic carbocycles. The molecule has 4 nitrogen and oxygen atoms in total. The van der Waals surface area contributed by atoms with Gasteiger partial charge in [0.05, 0.1) is 25.0 Å². The van der Waals surface area contributed by atoms with Crippen molar-refractivity contribution in [3.63, 3.8) is 0 Å². The number of ether oxygens (including phenoxy) is 1. The molecule has 1 aromatic heterocycles. The summed E-state index contributed by atoms with van der Waals surface area (Å²) in [6.45, 7) is 0. The van der Waals surface area contributed by atoms with Crippen molar-refractivity contribution in [2.45, 2.75) is 25.3 Å². The van der Waals surface area contributed by atoms with Crippen molar-refractivity contribution in [2.75, 3.05) is 25.7 Å². The first-order valence-corrected chi connectivity index (χ1v) is 7.72. The van der Waals surface area contributed by atoms with E-state index in [-0.39, 0.29) is 0 Å². The van der Waals surface area contributed by atoms with Gasteiger partial charge in [-0.2, -0.15) is 16.9 Å². The monoisotopic (exact) mass is 269 g/mol. The Morgan fingerprint density at radius 2 is 2.28 bits per heavy atom. The fourth-order valence-electron chi connectivity index (χ4n) is 2.66. The largest absolute Gasteiger partial charge is 0.493 e. The van der Waals surface area contributed by atoms with E-state index in [0.717, 1.165) is 11.7 Å². The first-order valence-electron chi connectivity index (χ1n) is 6.57. The Balaban J connectivity index is 2.09. The molecular weight excluding hydrogens is 246 g/mol. The van der Waals surface area contributed by atoms with Gasteiger partial charge in [0.1, 0.15) is 0 Å². The van der Waals surface area contributed by atoms with Gasteiger partial charge in [0, 0.05) is 7.05 Å². The molecule has 1 aromatic rings.